The first-order valence-corrected chi connectivity index (χ1v) is 12.5. The Kier molecular flexibility index (Phi) is 8.09. The van der Waals surface area contributed by atoms with Crippen molar-refractivity contribution < 1.29 is 28.7 Å². The lowest BCUT2D eigenvalue weighted by atomic mass is 9.95. The van der Waals surface area contributed by atoms with Crippen LogP contribution in [0, 0.1) is 0 Å². The summed E-state index contributed by atoms with van der Waals surface area (Å²) in [5.74, 6) is -2.82. The van der Waals surface area contributed by atoms with Crippen molar-refractivity contribution in [2.75, 3.05) is 12.4 Å². The zero-order valence-electron chi connectivity index (χ0n) is 20.3. The van der Waals surface area contributed by atoms with Crippen molar-refractivity contribution in [2.45, 2.75) is 32.6 Å². The number of anilines is 1. The number of esters is 2. The van der Waals surface area contributed by atoms with Crippen LogP contribution in [0.3, 0.4) is 0 Å². The highest BCUT2D eigenvalue weighted by molar-refractivity contribution is 7.17. The van der Waals surface area contributed by atoms with E-state index in [1.54, 1.807) is 61.5 Å². The Labute approximate surface area is 217 Å². The molecule has 2 aromatic carbocycles. The largest absolute Gasteiger partial charge is 0.465 e. The molecule has 37 heavy (non-hydrogen) atoms. The van der Waals surface area contributed by atoms with Gasteiger partial charge in [0.15, 0.2) is 0 Å². The molecule has 2 amide bonds. The van der Waals surface area contributed by atoms with Crippen molar-refractivity contribution in [1.29, 1.82) is 0 Å². The lowest BCUT2D eigenvalue weighted by molar-refractivity contribution is -0.136. The van der Waals surface area contributed by atoms with Gasteiger partial charge in [-0.1, -0.05) is 30.3 Å². The van der Waals surface area contributed by atoms with Crippen LogP contribution in [0.15, 0.2) is 59.7 Å². The smallest absolute Gasteiger partial charge is 0.343 e. The van der Waals surface area contributed by atoms with Crippen molar-refractivity contribution in [3.05, 3.63) is 81.7 Å². The second-order valence-corrected chi connectivity index (χ2v) is 9.36. The summed E-state index contributed by atoms with van der Waals surface area (Å²) in [6.07, 6.45) is 3.47. The normalized spacial score (nSPS) is 12.8. The van der Waals surface area contributed by atoms with Gasteiger partial charge in [-0.15, -0.1) is 11.3 Å². The SMILES string of the molecule is COC(=O)c1c(NC(=O)C(=O)N/N=C(\C)c2ccccc2OC(=O)c2ccccc2)sc2c1CCCC2. The van der Waals surface area contributed by atoms with Crippen LogP contribution in [0.2, 0.25) is 0 Å². The molecular formula is C27H25N3O6S. The number of hydrogen-bond acceptors (Lipinski definition) is 8. The molecule has 3 aromatic rings. The summed E-state index contributed by atoms with van der Waals surface area (Å²) in [7, 11) is 1.28. The van der Waals surface area contributed by atoms with Gasteiger partial charge in [0.05, 0.1) is 23.9 Å². The maximum atomic E-state index is 12.6. The standard InChI is InChI=1S/C27H25N3O6S/c1-16(18-12-6-8-14-20(18)36-26(33)17-10-4-3-5-11-17)29-30-24(32)23(31)28-25-22(27(34)35-2)19-13-7-9-15-21(19)37-25/h3-6,8,10-12,14H,7,9,13,15H2,1-2H3,(H,28,31)(H,30,32)/b29-16+. The van der Waals surface area contributed by atoms with Crippen LogP contribution in [0.1, 0.15) is 56.5 Å². The van der Waals surface area contributed by atoms with Gasteiger partial charge < -0.3 is 14.8 Å². The Morgan fingerprint density at radius 3 is 2.35 bits per heavy atom. The first-order chi connectivity index (χ1) is 17.9. The van der Waals surface area contributed by atoms with E-state index in [0.717, 1.165) is 36.1 Å². The highest BCUT2D eigenvalue weighted by Gasteiger charge is 2.28. The number of fused-ring (bicyclic) bond motifs is 1. The average molecular weight is 520 g/mol. The number of carbonyl (C=O) groups excluding carboxylic acids is 4. The molecule has 1 aromatic heterocycles. The van der Waals surface area contributed by atoms with Crippen molar-refractivity contribution in [1.82, 2.24) is 5.43 Å². The number of methoxy groups -OCH3 is 1. The van der Waals surface area contributed by atoms with E-state index in [2.05, 4.69) is 15.8 Å². The summed E-state index contributed by atoms with van der Waals surface area (Å²) in [5, 5.41) is 6.83. The van der Waals surface area contributed by atoms with Crippen LogP contribution in [0.5, 0.6) is 5.75 Å². The van der Waals surface area contributed by atoms with E-state index in [-0.39, 0.29) is 10.8 Å². The van der Waals surface area contributed by atoms with Gasteiger partial charge in [0.1, 0.15) is 10.8 Å². The van der Waals surface area contributed by atoms with Gasteiger partial charge in [0.25, 0.3) is 0 Å². The number of carbonyl (C=O) groups is 4. The fourth-order valence-electron chi connectivity index (χ4n) is 3.97. The number of nitrogens with zero attached hydrogens (tertiary/aromatic N) is 1. The first-order valence-electron chi connectivity index (χ1n) is 11.6. The molecular weight excluding hydrogens is 494 g/mol. The van der Waals surface area contributed by atoms with E-state index in [4.69, 9.17) is 9.47 Å². The van der Waals surface area contributed by atoms with Crippen LogP contribution in [-0.2, 0) is 27.2 Å². The summed E-state index contributed by atoms with van der Waals surface area (Å²) in [6.45, 7) is 1.61. The van der Waals surface area contributed by atoms with E-state index < -0.39 is 23.8 Å². The number of ether oxygens (including phenoxy) is 2. The van der Waals surface area contributed by atoms with Gasteiger partial charge in [-0.05, 0) is 62.4 Å². The maximum Gasteiger partial charge on any atom is 0.343 e. The number of amides is 2. The fraction of sp³-hybridized carbons (Fsp3) is 0.222. The molecule has 0 spiro atoms. The third-order valence-electron chi connectivity index (χ3n) is 5.81. The maximum absolute atomic E-state index is 12.6. The lowest BCUT2D eigenvalue weighted by Crippen LogP contribution is -2.33. The molecule has 0 radical (unpaired) electrons. The number of aryl methyl sites for hydroxylation is 1. The topological polar surface area (TPSA) is 123 Å². The number of rotatable bonds is 6. The Morgan fingerprint density at radius 2 is 1.59 bits per heavy atom. The van der Waals surface area contributed by atoms with Gasteiger partial charge in [0, 0.05) is 10.4 Å². The molecule has 0 aliphatic heterocycles. The lowest BCUT2D eigenvalue weighted by Gasteiger charge is -2.11. The Morgan fingerprint density at radius 1 is 0.892 bits per heavy atom. The van der Waals surface area contributed by atoms with Crippen LogP contribution in [-0.4, -0.2) is 36.6 Å². The van der Waals surface area contributed by atoms with Crippen LogP contribution >= 0.6 is 11.3 Å². The minimum atomic E-state index is -1.01. The molecule has 1 aliphatic carbocycles. The molecule has 0 unspecified atom stereocenters. The summed E-state index contributed by atoms with van der Waals surface area (Å²) >= 11 is 1.28. The zero-order valence-corrected chi connectivity index (χ0v) is 21.1. The minimum Gasteiger partial charge on any atom is -0.465 e. The molecule has 1 aliphatic rings. The second kappa shape index (κ2) is 11.6. The molecule has 2 N–H and O–H groups in total. The molecule has 190 valence electrons. The van der Waals surface area contributed by atoms with Crippen molar-refractivity contribution in [2.24, 2.45) is 5.10 Å². The van der Waals surface area contributed by atoms with Crippen LogP contribution in [0.4, 0.5) is 5.00 Å². The molecule has 0 saturated heterocycles. The first kappa shape index (κ1) is 25.8. The predicted octanol–water partition coefficient (Wildman–Crippen LogP) is 4.11. The Hall–Kier alpha value is -4.31. The number of para-hydroxylation sites is 1. The second-order valence-electron chi connectivity index (χ2n) is 8.25. The van der Waals surface area contributed by atoms with Crippen molar-refractivity contribution >= 4 is 45.8 Å². The van der Waals surface area contributed by atoms with Crippen LogP contribution in [0.25, 0.3) is 0 Å². The third kappa shape index (κ3) is 5.92. The number of nitrogens with one attached hydrogen (secondary N) is 2. The molecule has 0 bridgehead atoms. The van der Waals surface area contributed by atoms with Crippen LogP contribution < -0.4 is 15.5 Å². The molecule has 0 saturated carbocycles. The van der Waals surface area contributed by atoms with E-state index in [9.17, 15) is 19.2 Å². The summed E-state index contributed by atoms with van der Waals surface area (Å²) in [5.41, 5.74) is 4.57. The van der Waals surface area contributed by atoms with Crippen molar-refractivity contribution in [3.63, 3.8) is 0 Å². The average Bonchev–Trinajstić information content (AvgIpc) is 3.29. The number of hydrazone groups is 1. The molecule has 1 heterocycles. The third-order valence-corrected chi connectivity index (χ3v) is 7.02. The highest BCUT2D eigenvalue weighted by atomic mass is 32.1. The molecule has 0 fully saturated rings. The van der Waals surface area contributed by atoms with Crippen molar-refractivity contribution in [3.8, 4) is 5.75 Å². The molecule has 10 heteroatoms. The highest BCUT2D eigenvalue weighted by Crippen LogP contribution is 2.38. The van der Waals surface area contributed by atoms with Gasteiger partial charge in [0.2, 0.25) is 0 Å². The molecule has 9 nitrogen and oxygen atoms in total. The van der Waals surface area contributed by atoms with E-state index in [1.807, 2.05) is 0 Å². The van der Waals surface area contributed by atoms with Gasteiger partial charge in [-0.3, -0.25) is 9.59 Å². The number of benzene rings is 2. The Bertz CT molecular complexity index is 1380. The zero-order chi connectivity index (χ0) is 26.4. The minimum absolute atomic E-state index is 0.253. The van der Waals surface area contributed by atoms with Gasteiger partial charge in [-0.2, -0.15) is 5.10 Å². The Balaban J connectivity index is 1.46. The molecule has 0 atom stereocenters. The summed E-state index contributed by atoms with van der Waals surface area (Å²) in [6, 6.07) is 15.3. The summed E-state index contributed by atoms with van der Waals surface area (Å²) in [4.78, 5) is 50.9. The van der Waals surface area contributed by atoms with Gasteiger partial charge in [-0.25, -0.2) is 15.0 Å². The number of thiophene rings is 1. The fourth-order valence-corrected chi connectivity index (χ4v) is 5.24. The molecule has 4 rings (SSSR count). The predicted molar refractivity (Wildman–Crippen MR) is 139 cm³/mol. The van der Waals surface area contributed by atoms with E-state index >= 15 is 0 Å². The summed E-state index contributed by atoms with van der Waals surface area (Å²) < 4.78 is 10.4. The monoisotopic (exact) mass is 519 g/mol. The van der Waals surface area contributed by atoms with E-state index in [0.29, 0.717) is 22.4 Å². The number of hydrogen-bond donors (Lipinski definition) is 2. The van der Waals surface area contributed by atoms with Gasteiger partial charge >= 0.3 is 23.8 Å². The quantitative estimate of drug-likeness (QED) is 0.166. The van der Waals surface area contributed by atoms with E-state index in [1.165, 1.54) is 18.4 Å².